The molecular formula is C15H23N3O. The number of nitrogens with zero attached hydrogens (tertiary/aromatic N) is 2. The van der Waals surface area contributed by atoms with E-state index in [1.807, 2.05) is 36.9 Å². The normalized spacial score (nSPS) is 16.3. The molecule has 4 heteroatoms. The molecule has 0 aliphatic carbocycles. The molecule has 1 amide bonds. The van der Waals surface area contributed by atoms with Crippen molar-refractivity contribution in [2.75, 3.05) is 19.6 Å². The van der Waals surface area contributed by atoms with Crippen LogP contribution in [0.4, 0.5) is 0 Å². The first-order chi connectivity index (χ1) is 9.20. The Morgan fingerprint density at radius 2 is 2.16 bits per heavy atom. The van der Waals surface area contributed by atoms with Gasteiger partial charge in [-0.1, -0.05) is 6.07 Å². The van der Waals surface area contributed by atoms with Crippen molar-refractivity contribution in [2.24, 2.45) is 5.92 Å². The number of aryl methyl sites for hydroxylation is 1. The van der Waals surface area contributed by atoms with Gasteiger partial charge >= 0.3 is 0 Å². The van der Waals surface area contributed by atoms with Crippen molar-refractivity contribution < 1.29 is 4.79 Å². The van der Waals surface area contributed by atoms with Crippen molar-refractivity contribution in [3.63, 3.8) is 0 Å². The van der Waals surface area contributed by atoms with Crippen LogP contribution in [0.2, 0.25) is 0 Å². The van der Waals surface area contributed by atoms with Gasteiger partial charge in [0.15, 0.2) is 0 Å². The van der Waals surface area contributed by atoms with E-state index in [1.54, 1.807) is 0 Å². The summed E-state index contributed by atoms with van der Waals surface area (Å²) in [4.78, 5) is 18.9. The van der Waals surface area contributed by atoms with Crippen LogP contribution < -0.4 is 5.32 Å². The lowest BCUT2D eigenvalue weighted by atomic mass is 9.96. The highest BCUT2D eigenvalue weighted by Crippen LogP contribution is 2.16. The van der Waals surface area contributed by atoms with Gasteiger partial charge in [-0.2, -0.15) is 0 Å². The van der Waals surface area contributed by atoms with Gasteiger partial charge in [-0.25, -0.2) is 0 Å². The summed E-state index contributed by atoms with van der Waals surface area (Å²) >= 11 is 0. The number of hydrogen-bond acceptors (Lipinski definition) is 3. The molecule has 19 heavy (non-hydrogen) atoms. The molecule has 1 aromatic heterocycles. The van der Waals surface area contributed by atoms with Crippen molar-refractivity contribution >= 4 is 5.91 Å². The van der Waals surface area contributed by atoms with Crippen LogP contribution in [0.1, 0.15) is 31.2 Å². The number of carbonyl (C=O) groups excluding carboxylic acids is 1. The maximum atomic E-state index is 12.5. The zero-order valence-corrected chi connectivity index (χ0v) is 11.9. The molecule has 0 saturated carbocycles. The molecule has 0 radical (unpaired) electrons. The summed E-state index contributed by atoms with van der Waals surface area (Å²) in [6.45, 7) is 7.30. The highest BCUT2D eigenvalue weighted by molar-refractivity contribution is 5.78. The molecule has 0 atom stereocenters. The van der Waals surface area contributed by atoms with Crippen LogP contribution in [-0.2, 0) is 11.3 Å². The lowest BCUT2D eigenvalue weighted by Crippen LogP contribution is -2.40. The molecule has 0 bridgehead atoms. The van der Waals surface area contributed by atoms with Gasteiger partial charge in [0.2, 0.25) is 5.91 Å². The average Bonchev–Trinajstić information content (AvgIpc) is 2.45. The molecule has 2 rings (SSSR count). The van der Waals surface area contributed by atoms with Crippen LogP contribution in [0.15, 0.2) is 18.2 Å². The van der Waals surface area contributed by atoms with Crippen molar-refractivity contribution in [3.05, 3.63) is 29.6 Å². The summed E-state index contributed by atoms with van der Waals surface area (Å²) in [5.74, 6) is 0.471. The Hall–Kier alpha value is -1.42. The molecule has 1 N–H and O–H groups in total. The number of hydrogen-bond donors (Lipinski definition) is 1. The quantitative estimate of drug-likeness (QED) is 0.898. The van der Waals surface area contributed by atoms with Gasteiger partial charge in [-0.15, -0.1) is 0 Å². The van der Waals surface area contributed by atoms with E-state index in [-0.39, 0.29) is 11.8 Å². The molecule has 104 valence electrons. The molecule has 0 unspecified atom stereocenters. The number of aromatic nitrogens is 1. The van der Waals surface area contributed by atoms with Crippen molar-refractivity contribution in [1.29, 1.82) is 0 Å². The third-order valence-corrected chi connectivity index (χ3v) is 3.68. The van der Waals surface area contributed by atoms with Gasteiger partial charge in [0.25, 0.3) is 0 Å². The predicted octanol–water partition coefficient (Wildman–Crippen LogP) is 1.74. The van der Waals surface area contributed by atoms with E-state index in [0.29, 0.717) is 6.54 Å². The Morgan fingerprint density at radius 3 is 2.79 bits per heavy atom. The first-order valence-corrected chi connectivity index (χ1v) is 7.12. The van der Waals surface area contributed by atoms with Gasteiger partial charge < -0.3 is 10.2 Å². The van der Waals surface area contributed by atoms with E-state index in [1.165, 1.54) is 0 Å². The second-order valence-corrected chi connectivity index (χ2v) is 5.15. The maximum absolute atomic E-state index is 12.5. The van der Waals surface area contributed by atoms with Crippen LogP contribution >= 0.6 is 0 Å². The number of rotatable bonds is 4. The largest absolute Gasteiger partial charge is 0.337 e. The van der Waals surface area contributed by atoms with Gasteiger partial charge in [-0.3, -0.25) is 9.78 Å². The van der Waals surface area contributed by atoms with Gasteiger partial charge in [0.1, 0.15) is 0 Å². The summed E-state index contributed by atoms with van der Waals surface area (Å²) in [5, 5.41) is 3.30. The summed E-state index contributed by atoms with van der Waals surface area (Å²) in [6, 6.07) is 5.97. The number of pyridine rings is 1. The van der Waals surface area contributed by atoms with Crippen molar-refractivity contribution in [3.8, 4) is 0 Å². The molecule has 2 heterocycles. The maximum Gasteiger partial charge on any atom is 0.226 e. The van der Waals surface area contributed by atoms with E-state index in [2.05, 4.69) is 10.3 Å². The highest BCUT2D eigenvalue weighted by Gasteiger charge is 2.25. The average molecular weight is 261 g/mol. The van der Waals surface area contributed by atoms with Gasteiger partial charge in [0, 0.05) is 18.2 Å². The summed E-state index contributed by atoms with van der Waals surface area (Å²) in [5.41, 5.74) is 1.98. The number of piperidine rings is 1. The topological polar surface area (TPSA) is 45.2 Å². The van der Waals surface area contributed by atoms with E-state index < -0.39 is 0 Å². The SMILES string of the molecule is CCN(Cc1cccc(C)n1)C(=O)C1CCNCC1. The molecule has 1 saturated heterocycles. The highest BCUT2D eigenvalue weighted by atomic mass is 16.2. The molecule has 4 nitrogen and oxygen atoms in total. The Bertz CT molecular complexity index is 427. The summed E-state index contributed by atoms with van der Waals surface area (Å²) in [6.07, 6.45) is 1.91. The van der Waals surface area contributed by atoms with Crippen LogP contribution in [0.25, 0.3) is 0 Å². The second kappa shape index (κ2) is 6.66. The standard InChI is InChI=1S/C15H23N3O/c1-3-18(11-14-6-4-5-12(2)17-14)15(19)13-7-9-16-10-8-13/h4-6,13,16H,3,7-11H2,1-2H3. The smallest absolute Gasteiger partial charge is 0.226 e. The van der Waals surface area contributed by atoms with Crippen molar-refractivity contribution in [2.45, 2.75) is 33.2 Å². The molecular weight excluding hydrogens is 238 g/mol. The lowest BCUT2D eigenvalue weighted by Gasteiger charge is -2.28. The van der Waals surface area contributed by atoms with Gasteiger partial charge in [0.05, 0.1) is 12.2 Å². The van der Waals surface area contributed by atoms with E-state index in [9.17, 15) is 4.79 Å². The van der Waals surface area contributed by atoms with Crippen LogP contribution in [0.5, 0.6) is 0 Å². The van der Waals surface area contributed by atoms with E-state index in [0.717, 1.165) is 43.9 Å². The zero-order valence-electron chi connectivity index (χ0n) is 11.9. The third-order valence-electron chi connectivity index (χ3n) is 3.68. The van der Waals surface area contributed by atoms with Crippen LogP contribution in [0, 0.1) is 12.8 Å². The third kappa shape index (κ3) is 3.77. The molecule has 1 aliphatic heterocycles. The van der Waals surface area contributed by atoms with Crippen LogP contribution in [0.3, 0.4) is 0 Å². The van der Waals surface area contributed by atoms with Crippen molar-refractivity contribution in [1.82, 2.24) is 15.2 Å². The molecule has 1 fully saturated rings. The number of nitrogens with one attached hydrogen (secondary N) is 1. The fourth-order valence-electron chi connectivity index (χ4n) is 2.56. The summed E-state index contributed by atoms with van der Waals surface area (Å²) in [7, 11) is 0. The minimum atomic E-state index is 0.186. The first kappa shape index (κ1) is 14.0. The Morgan fingerprint density at radius 1 is 1.42 bits per heavy atom. The zero-order chi connectivity index (χ0) is 13.7. The Balaban J connectivity index is 2.00. The van der Waals surface area contributed by atoms with E-state index in [4.69, 9.17) is 0 Å². The molecule has 1 aliphatic rings. The first-order valence-electron chi connectivity index (χ1n) is 7.12. The minimum Gasteiger partial charge on any atom is -0.337 e. The second-order valence-electron chi connectivity index (χ2n) is 5.15. The van der Waals surface area contributed by atoms with Crippen LogP contribution in [-0.4, -0.2) is 35.4 Å². The lowest BCUT2D eigenvalue weighted by molar-refractivity contribution is -0.136. The number of carbonyl (C=O) groups is 1. The molecule has 0 spiro atoms. The van der Waals surface area contributed by atoms with Gasteiger partial charge in [-0.05, 0) is 51.9 Å². The summed E-state index contributed by atoms with van der Waals surface area (Å²) < 4.78 is 0. The fraction of sp³-hybridized carbons (Fsp3) is 0.600. The minimum absolute atomic E-state index is 0.186. The fourth-order valence-corrected chi connectivity index (χ4v) is 2.56. The predicted molar refractivity (Wildman–Crippen MR) is 75.7 cm³/mol. The monoisotopic (exact) mass is 261 g/mol. The number of amides is 1. The molecule has 0 aromatic carbocycles. The molecule has 1 aromatic rings. The van der Waals surface area contributed by atoms with E-state index >= 15 is 0 Å². The Labute approximate surface area is 115 Å². The Kier molecular flexibility index (Phi) is 4.91.